The molecule has 0 radical (unpaired) electrons. The Morgan fingerprint density at radius 1 is 1.21 bits per heavy atom. The Morgan fingerprint density at radius 3 is 2.79 bits per heavy atom. The first-order valence-electron chi connectivity index (χ1n) is 8.79. The molecular formula is C17H34N2. The lowest BCUT2D eigenvalue weighted by Crippen LogP contribution is -2.44. The largest absolute Gasteiger partial charge is 0.314 e. The molecule has 2 heteroatoms. The Morgan fingerprint density at radius 2 is 2.11 bits per heavy atom. The SMILES string of the molecule is CCCCC(CC)CN1CCCC(C2CCCN2)C1. The van der Waals surface area contributed by atoms with Crippen LogP contribution >= 0.6 is 0 Å². The van der Waals surface area contributed by atoms with Crippen molar-refractivity contribution < 1.29 is 0 Å². The topological polar surface area (TPSA) is 15.3 Å². The molecular weight excluding hydrogens is 232 g/mol. The fraction of sp³-hybridized carbons (Fsp3) is 1.00. The molecule has 0 aromatic heterocycles. The predicted octanol–water partition coefficient (Wildman–Crippen LogP) is 3.67. The normalized spacial score (nSPS) is 30.6. The van der Waals surface area contributed by atoms with Crippen molar-refractivity contribution >= 4 is 0 Å². The average Bonchev–Trinajstić information content (AvgIpc) is 2.98. The van der Waals surface area contributed by atoms with Crippen LogP contribution < -0.4 is 5.32 Å². The van der Waals surface area contributed by atoms with Gasteiger partial charge in [0, 0.05) is 19.1 Å². The molecule has 2 aliphatic rings. The third kappa shape index (κ3) is 4.75. The van der Waals surface area contributed by atoms with Crippen molar-refractivity contribution in [1.82, 2.24) is 10.2 Å². The zero-order valence-corrected chi connectivity index (χ0v) is 13.2. The maximum atomic E-state index is 3.72. The molecule has 0 bridgehead atoms. The van der Waals surface area contributed by atoms with Gasteiger partial charge in [-0.25, -0.2) is 0 Å². The van der Waals surface area contributed by atoms with E-state index in [1.54, 1.807) is 0 Å². The number of piperidine rings is 1. The van der Waals surface area contributed by atoms with Gasteiger partial charge in [0.1, 0.15) is 0 Å². The Bertz CT molecular complexity index is 235. The second-order valence-corrected chi connectivity index (χ2v) is 6.78. The fourth-order valence-electron chi connectivity index (χ4n) is 3.98. The van der Waals surface area contributed by atoms with Gasteiger partial charge in [-0.05, 0) is 57.0 Å². The summed E-state index contributed by atoms with van der Waals surface area (Å²) in [6.45, 7) is 10.0. The first-order valence-corrected chi connectivity index (χ1v) is 8.79. The summed E-state index contributed by atoms with van der Waals surface area (Å²) in [7, 11) is 0. The summed E-state index contributed by atoms with van der Waals surface area (Å²) in [6, 6.07) is 0.832. The van der Waals surface area contributed by atoms with Gasteiger partial charge in [0.15, 0.2) is 0 Å². The number of hydrogen-bond acceptors (Lipinski definition) is 2. The molecule has 0 aliphatic carbocycles. The fourth-order valence-corrected chi connectivity index (χ4v) is 3.98. The van der Waals surface area contributed by atoms with Crippen molar-refractivity contribution in [3.63, 3.8) is 0 Å². The number of likely N-dealkylation sites (tertiary alicyclic amines) is 1. The zero-order valence-electron chi connectivity index (χ0n) is 13.2. The molecule has 3 unspecified atom stereocenters. The molecule has 0 amide bonds. The molecule has 2 saturated heterocycles. The van der Waals surface area contributed by atoms with Crippen molar-refractivity contribution in [3.8, 4) is 0 Å². The van der Waals surface area contributed by atoms with Crippen LogP contribution in [-0.2, 0) is 0 Å². The minimum Gasteiger partial charge on any atom is -0.314 e. The van der Waals surface area contributed by atoms with E-state index in [0.717, 1.165) is 17.9 Å². The van der Waals surface area contributed by atoms with E-state index in [-0.39, 0.29) is 0 Å². The highest BCUT2D eigenvalue weighted by Gasteiger charge is 2.29. The van der Waals surface area contributed by atoms with Gasteiger partial charge in [0.2, 0.25) is 0 Å². The van der Waals surface area contributed by atoms with Crippen LogP contribution in [0.2, 0.25) is 0 Å². The van der Waals surface area contributed by atoms with Gasteiger partial charge in [-0.1, -0.05) is 33.1 Å². The molecule has 2 heterocycles. The molecule has 2 aliphatic heterocycles. The highest BCUT2D eigenvalue weighted by atomic mass is 15.1. The molecule has 0 aromatic carbocycles. The van der Waals surface area contributed by atoms with Crippen molar-refractivity contribution in [2.45, 2.75) is 71.3 Å². The number of unbranched alkanes of at least 4 members (excludes halogenated alkanes) is 1. The van der Waals surface area contributed by atoms with Gasteiger partial charge in [0.25, 0.3) is 0 Å². The smallest absolute Gasteiger partial charge is 0.0108 e. The Kier molecular flexibility index (Phi) is 6.66. The summed E-state index contributed by atoms with van der Waals surface area (Å²) >= 11 is 0. The van der Waals surface area contributed by atoms with Crippen LogP contribution in [0, 0.1) is 11.8 Å². The van der Waals surface area contributed by atoms with Crippen LogP contribution in [0.4, 0.5) is 0 Å². The average molecular weight is 266 g/mol. The maximum absolute atomic E-state index is 3.72. The molecule has 2 nitrogen and oxygen atoms in total. The number of nitrogens with zero attached hydrogens (tertiary/aromatic N) is 1. The van der Waals surface area contributed by atoms with E-state index >= 15 is 0 Å². The number of hydrogen-bond donors (Lipinski definition) is 1. The summed E-state index contributed by atoms with van der Waals surface area (Å²) in [4.78, 5) is 2.78. The zero-order chi connectivity index (χ0) is 13.5. The molecule has 0 aromatic rings. The summed E-state index contributed by atoms with van der Waals surface area (Å²) in [5, 5.41) is 3.72. The molecule has 0 spiro atoms. The van der Waals surface area contributed by atoms with Crippen molar-refractivity contribution in [1.29, 1.82) is 0 Å². The quantitative estimate of drug-likeness (QED) is 0.756. The van der Waals surface area contributed by atoms with Gasteiger partial charge in [0.05, 0.1) is 0 Å². The summed E-state index contributed by atoms with van der Waals surface area (Å²) in [5.41, 5.74) is 0. The van der Waals surface area contributed by atoms with Gasteiger partial charge < -0.3 is 10.2 Å². The monoisotopic (exact) mass is 266 g/mol. The van der Waals surface area contributed by atoms with Crippen LogP contribution in [0.5, 0.6) is 0 Å². The van der Waals surface area contributed by atoms with Crippen LogP contribution in [0.25, 0.3) is 0 Å². The molecule has 2 rings (SSSR count). The highest BCUT2D eigenvalue weighted by molar-refractivity contribution is 4.86. The molecule has 2 fully saturated rings. The maximum Gasteiger partial charge on any atom is 0.0108 e. The first kappa shape index (κ1) is 15.3. The summed E-state index contributed by atoms with van der Waals surface area (Å²) in [6.07, 6.45) is 11.3. The highest BCUT2D eigenvalue weighted by Crippen LogP contribution is 2.26. The predicted molar refractivity (Wildman–Crippen MR) is 83.5 cm³/mol. The van der Waals surface area contributed by atoms with E-state index in [9.17, 15) is 0 Å². The summed E-state index contributed by atoms with van der Waals surface area (Å²) < 4.78 is 0. The van der Waals surface area contributed by atoms with Gasteiger partial charge in [-0.15, -0.1) is 0 Å². The van der Waals surface area contributed by atoms with E-state index in [0.29, 0.717) is 0 Å². The molecule has 1 N–H and O–H groups in total. The molecule has 0 saturated carbocycles. The lowest BCUT2D eigenvalue weighted by Gasteiger charge is -2.37. The van der Waals surface area contributed by atoms with Crippen LogP contribution in [0.15, 0.2) is 0 Å². The minimum absolute atomic E-state index is 0.832. The molecule has 19 heavy (non-hydrogen) atoms. The standard InChI is InChI=1S/C17H34N2/c1-3-5-8-15(4-2)13-19-12-7-9-16(14-19)17-10-6-11-18-17/h15-18H,3-14H2,1-2H3. The second kappa shape index (κ2) is 8.26. The van der Waals surface area contributed by atoms with Gasteiger partial charge in [-0.3, -0.25) is 0 Å². The van der Waals surface area contributed by atoms with E-state index in [1.807, 2.05) is 0 Å². The number of nitrogens with one attached hydrogen (secondary N) is 1. The Hall–Kier alpha value is -0.0800. The first-order chi connectivity index (χ1) is 9.33. The minimum atomic E-state index is 0.832. The van der Waals surface area contributed by atoms with Gasteiger partial charge in [-0.2, -0.15) is 0 Å². The van der Waals surface area contributed by atoms with Gasteiger partial charge >= 0.3 is 0 Å². The van der Waals surface area contributed by atoms with Crippen LogP contribution in [0.3, 0.4) is 0 Å². The lowest BCUT2D eigenvalue weighted by molar-refractivity contribution is 0.128. The van der Waals surface area contributed by atoms with Crippen LogP contribution in [0.1, 0.15) is 65.2 Å². The third-order valence-electron chi connectivity index (χ3n) is 5.27. The Balaban J connectivity index is 1.76. The van der Waals surface area contributed by atoms with Crippen molar-refractivity contribution in [2.24, 2.45) is 11.8 Å². The van der Waals surface area contributed by atoms with Crippen LogP contribution in [-0.4, -0.2) is 37.1 Å². The van der Waals surface area contributed by atoms with E-state index in [1.165, 1.54) is 77.5 Å². The van der Waals surface area contributed by atoms with Crippen molar-refractivity contribution in [3.05, 3.63) is 0 Å². The lowest BCUT2D eigenvalue weighted by atomic mass is 9.88. The second-order valence-electron chi connectivity index (χ2n) is 6.78. The van der Waals surface area contributed by atoms with E-state index in [2.05, 4.69) is 24.1 Å². The molecule has 3 atom stereocenters. The van der Waals surface area contributed by atoms with Crippen molar-refractivity contribution in [2.75, 3.05) is 26.2 Å². The summed E-state index contributed by atoms with van der Waals surface area (Å²) in [5.74, 6) is 1.87. The van der Waals surface area contributed by atoms with E-state index < -0.39 is 0 Å². The number of rotatable bonds is 7. The Labute approximate surface area is 120 Å². The molecule has 112 valence electrons. The third-order valence-corrected chi connectivity index (χ3v) is 5.27. The van der Waals surface area contributed by atoms with E-state index in [4.69, 9.17) is 0 Å².